The molecular weight excluding hydrogens is 395 g/mol. The van der Waals surface area contributed by atoms with E-state index in [9.17, 15) is 57.1 Å². The highest BCUT2D eigenvalue weighted by molar-refractivity contribution is 5.18. The molecule has 0 N–H and O–H groups in total. The van der Waals surface area contributed by atoms with E-state index in [-0.39, 0.29) is 0 Å². The summed E-state index contributed by atoms with van der Waals surface area (Å²) in [7, 11) is 0. The van der Waals surface area contributed by atoms with Crippen molar-refractivity contribution in [2.24, 2.45) is 5.41 Å². The van der Waals surface area contributed by atoms with Gasteiger partial charge in [-0.15, -0.1) is 0 Å². The molecule has 0 unspecified atom stereocenters. The maximum atomic E-state index is 13.2. The largest absolute Gasteiger partial charge is 0.418 e. The van der Waals surface area contributed by atoms with Gasteiger partial charge in [-0.3, -0.25) is 0 Å². The molecule has 0 saturated carbocycles. The third-order valence-corrected chi connectivity index (χ3v) is 3.11. The Balaban J connectivity index is 5.33. The second-order valence-corrected chi connectivity index (χ2v) is 5.08. The van der Waals surface area contributed by atoms with Crippen molar-refractivity contribution in [1.82, 2.24) is 0 Å². The molecular formula is C11H9F13O. The van der Waals surface area contributed by atoms with E-state index in [1.807, 2.05) is 0 Å². The zero-order valence-corrected chi connectivity index (χ0v) is 11.9. The predicted octanol–water partition coefficient (Wildman–Crippen LogP) is 5.52. The zero-order chi connectivity index (χ0) is 20.7. The number of ether oxygens (including phenoxy) is 1. The third kappa shape index (κ3) is 4.70. The van der Waals surface area contributed by atoms with Crippen molar-refractivity contribution in [2.75, 3.05) is 13.2 Å². The van der Waals surface area contributed by atoms with Gasteiger partial charge < -0.3 is 4.74 Å². The zero-order valence-electron chi connectivity index (χ0n) is 11.9. The molecule has 150 valence electrons. The standard InChI is InChI=1S/C11H9F13O/c1-5(9(16,17)18)8(14,15)7(12,13)4-25-3-6(2,10(19,20)21)11(22,23)24/h1,3-4H2,2H3. The van der Waals surface area contributed by atoms with Gasteiger partial charge in [-0.2, -0.15) is 57.1 Å². The van der Waals surface area contributed by atoms with E-state index in [1.165, 1.54) is 0 Å². The Hall–Kier alpha value is -1.21. The number of alkyl halides is 13. The molecule has 0 atom stereocenters. The van der Waals surface area contributed by atoms with Crippen LogP contribution in [0.5, 0.6) is 0 Å². The van der Waals surface area contributed by atoms with Crippen LogP contribution in [0.2, 0.25) is 0 Å². The van der Waals surface area contributed by atoms with Crippen LogP contribution in [0.4, 0.5) is 57.1 Å². The average molecular weight is 404 g/mol. The van der Waals surface area contributed by atoms with Crippen LogP contribution in [0, 0.1) is 5.41 Å². The van der Waals surface area contributed by atoms with E-state index in [0.29, 0.717) is 0 Å². The topological polar surface area (TPSA) is 9.23 Å². The lowest BCUT2D eigenvalue weighted by molar-refractivity contribution is -0.349. The Kier molecular flexibility index (Phi) is 6.19. The van der Waals surface area contributed by atoms with Crippen molar-refractivity contribution in [1.29, 1.82) is 0 Å². The summed E-state index contributed by atoms with van der Waals surface area (Å²) in [6.45, 7) is -4.16. The first-order valence-corrected chi connectivity index (χ1v) is 5.84. The van der Waals surface area contributed by atoms with Gasteiger partial charge in [0.05, 0.1) is 6.61 Å². The van der Waals surface area contributed by atoms with Crippen molar-refractivity contribution >= 4 is 0 Å². The van der Waals surface area contributed by atoms with E-state index >= 15 is 0 Å². The Labute approximate surface area is 131 Å². The Morgan fingerprint density at radius 3 is 1.36 bits per heavy atom. The quantitative estimate of drug-likeness (QED) is 0.418. The van der Waals surface area contributed by atoms with Gasteiger partial charge in [-0.1, -0.05) is 6.58 Å². The van der Waals surface area contributed by atoms with Crippen molar-refractivity contribution < 1.29 is 61.8 Å². The highest BCUT2D eigenvalue weighted by atomic mass is 19.4. The van der Waals surface area contributed by atoms with Crippen molar-refractivity contribution in [2.45, 2.75) is 37.3 Å². The van der Waals surface area contributed by atoms with Gasteiger partial charge in [0.2, 0.25) is 0 Å². The van der Waals surface area contributed by atoms with Crippen molar-refractivity contribution in [3.05, 3.63) is 12.2 Å². The summed E-state index contributed by atoms with van der Waals surface area (Å²) in [6, 6.07) is 0. The van der Waals surface area contributed by atoms with E-state index in [2.05, 4.69) is 4.74 Å². The molecule has 0 saturated heterocycles. The molecule has 1 nitrogen and oxygen atoms in total. The molecule has 0 aliphatic carbocycles. The number of hydrogen-bond donors (Lipinski definition) is 0. The Morgan fingerprint density at radius 2 is 1.08 bits per heavy atom. The fraction of sp³-hybridized carbons (Fsp3) is 0.818. The van der Waals surface area contributed by atoms with Gasteiger partial charge in [0.25, 0.3) is 0 Å². The van der Waals surface area contributed by atoms with Gasteiger partial charge in [0, 0.05) is 0 Å². The molecule has 14 heteroatoms. The Morgan fingerprint density at radius 1 is 0.720 bits per heavy atom. The minimum absolute atomic E-state index is 0.488. The van der Waals surface area contributed by atoms with E-state index in [1.54, 1.807) is 6.58 Å². The minimum atomic E-state index is -6.06. The lowest BCUT2D eigenvalue weighted by Gasteiger charge is -2.34. The van der Waals surface area contributed by atoms with Crippen LogP contribution >= 0.6 is 0 Å². The normalized spacial score (nSPS) is 15.4. The lowest BCUT2D eigenvalue weighted by atomic mass is 9.90. The third-order valence-electron chi connectivity index (χ3n) is 3.11. The fourth-order valence-electron chi connectivity index (χ4n) is 1.20. The molecule has 0 bridgehead atoms. The van der Waals surface area contributed by atoms with Crippen LogP contribution in [-0.2, 0) is 4.74 Å². The van der Waals surface area contributed by atoms with Crippen LogP contribution in [0.3, 0.4) is 0 Å². The van der Waals surface area contributed by atoms with Crippen LogP contribution < -0.4 is 0 Å². The Bertz CT molecular complexity index is 468. The first-order valence-electron chi connectivity index (χ1n) is 5.84. The summed E-state index contributed by atoms with van der Waals surface area (Å²) in [5.41, 5.74) is -7.94. The second kappa shape index (κ2) is 6.50. The van der Waals surface area contributed by atoms with Crippen LogP contribution in [0.15, 0.2) is 12.2 Å². The predicted molar refractivity (Wildman–Crippen MR) is 56.1 cm³/mol. The van der Waals surface area contributed by atoms with Gasteiger partial charge in [-0.05, 0) is 6.92 Å². The van der Waals surface area contributed by atoms with Gasteiger partial charge in [0.15, 0.2) is 5.41 Å². The average Bonchev–Trinajstić information content (AvgIpc) is 2.33. The first kappa shape index (κ1) is 23.8. The van der Waals surface area contributed by atoms with Crippen LogP contribution in [0.1, 0.15) is 6.92 Å². The molecule has 0 aliphatic heterocycles. The molecule has 0 amide bonds. The molecule has 0 radical (unpaired) electrons. The monoisotopic (exact) mass is 404 g/mol. The highest BCUT2D eigenvalue weighted by Gasteiger charge is 2.69. The van der Waals surface area contributed by atoms with Gasteiger partial charge in [-0.25, -0.2) is 0 Å². The summed E-state index contributed by atoms with van der Waals surface area (Å²) < 4.78 is 167. The SMILES string of the molecule is C=C(C(F)(F)F)C(F)(F)C(F)(F)COCC(C)(C(F)(F)F)C(F)(F)F. The maximum absolute atomic E-state index is 13.2. The van der Waals surface area contributed by atoms with E-state index in [4.69, 9.17) is 0 Å². The van der Waals surface area contributed by atoms with E-state index < -0.39 is 61.5 Å². The number of halogens is 13. The first-order chi connectivity index (χ1) is 10.6. The van der Waals surface area contributed by atoms with Gasteiger partial charge in [0.1, 0.15) is 12.2 Å². The number of rotatable bonds is 6. The summed E-state index contributed by atoms with van der Waals surface area (Å²) in [6.07, 6.45) is -18.1. The molecule has 25 heavy (non-hydrogen) atoms. The second-order valence-electron chi connectivity index (χ2n) is 5.08. The highest BCUT2D eigenvalue weighted by Crippen LogP contribution is 2.51. The summed E-state index contributed by atoms with van der Waals surface area (Å²) in [4.78, 5) is 0. The van der Waals surface area contributed by atoms with Crippen molar-refractivity contribution in [3.8, 4) is 0 Å². The molecule has 0 aromatic carbocycles. The summed E-state index contributed by atoms with van der Waals surface area (Å²) in [5.74, 6) is -11.8. The fourth-order valence-corrected chi connectivity index (χ4v) is 1.20. The van der Waals surface area contributed by atoms with E-state index in [0.717, 1.165) is 0 Å². The molecule has 0 heterocycles. The molecule has 0 spiro atoms. The van der Waals surface area contributed by atoms with Gasteiger partial charge >= 0.3 is 30.4 Å². The molecule has 0 fully saturated rings. The van der Waals surface area contributed by atoms with Crippen LogP contribution in [-0.4, -0.2) is 43.6 Å². The van der Waals surface area contributed by atoms with Crippen molar-refractivity contribution in [3.63, 3.8) is 0 Å². The maximum Gasteiger partial charge on any atom is 0.418 e. The lowest BCUT2D eigenvalue weighted by Crippen LogP contribution is -2.53. The number of allylic oxidation sites excluding steroid dienone is 1. The molecule has 0 aromatic rings. The molecule has 0 aromatic heterocycles. The van der Waals surface area contributed by atoms with Crippen LogP contribution in [0.25, 0.3) is 0 Å². The molecule has 0 rings (SSSR count). The molecule has 0 aliphatic rings. The summed E-state index contributed by atoms with van der Waals surface area (Å²) in [5, 5.41) is 0. The minimum Gasteiger partial charge on any atom is -0.374 e. The number of hydrogen-bond acceptors (Lipinski definition) is 1. The smallest absolute Gasteiger partial charge is 0.374 e. The summed E-state index contributed by atoms with van der Waals surface area (Å²) >= 11 is 0.